The molecule has 0 aliphatic carbocycles. The summed E-state index contributed by atoms with van der Waals surface area (Å²) in [5, 5.41) is 0. The van der Waals surface area contributed by atoms with Gasteiger partial charge in [0, 0.05) is 32.7 Å². The summed E-state index contributed by atoms with van der Waals surface area (Å²) < 4.78 is 11.2. The molecule has 0 radical (unpaired) electrons. The number of rotatable bonds is 5. The lowest BCUT2D eigenvalue weighted by atomic mass is 10.1. The molecule has 5 nitrogen and oxygen atoms in total. The van der Waals surface area contributed by atoms with Crippen LogP contribution in [-0.4, -0.2) is 55.0 Å². The third kappa shape index (κ3) is 3.79. The molecule has 5 heteroatoms. The van der Waals surface area contributed by atoms with Crippen LogP contribution in [0.3, 0.4) is 0 Å². The molecule has 1 saturated heterocycles. The van der Waals surface area contributed by atoms with E-state index in [9.17, 15) is 4.79 Å². The molecule has 1 aliphatic heterocycles. The lowest BCUT2D eigenvalue weighted by molar-refractivity contribution is 0.0590. The van der Waals surface area contributed by atoms with Crippen molar-refractivity contribution in [2.75, 3.05) is 39.3 Å². The Labute approximate surface area is 142 Å². The average Bonchev–Trinajstić information content (AvgIpc) is 3.12. The van der Waals surface area contributed by atoms with E-state index in [1.807, 2.05) is 11.0 Å². The quantitative estimate of drug-likeness (QED) is 0.847. The van der Waals surface area contributed by atoms with Crippen molar-refractivity contribution in [1.29, 1.82) is 0 Å². The number of ether oxygens (including phenoxy) is 1. The van der Waals surface area contributed by atoms with E-state index in [4.69, 9.17) is 9.15 Å². The van der Waals surface area contributed by atoms with Gasteiger partial charge >= 0.3 is 0 Å². The smallest absolute Gasteiger partial charge is 0.289 e. The molecule has 1 fully saturated rings. The van der Waals surface area contributed by atoms with Crippen molar-refractivity contribution in [2.24, 2.45) is 0 Å². The second-order valence-electron chi connectivity index (χ2n) is 6.18. The molecular weight excluding hydrogens is 304 g/mol. The van der Waals surface area contributed by atoms with E-state index in [1.165, 1.54) is 17.4 Å². The molecule has 0 N–H and O–H groups in total. The summed E-state index contributed by atoms with van der Waals surface area (Å²) in [6.45, 7) is 8.86. The molecule has 128 valence electrons. The van der Waals surface area contributed by atoms with Crippen LogP contribution < -0.4 is 4.74 Å². The van der Waals surface area contributed by atoms with Crippen LogP contribution >= 0.6 is 0 Å². The predicted octanol–water partition coefficient (Wildman–Crippen LogP) is 2.73. The van der Waals surface area contributed by atoms with E-state index in [0.717, 1.165) is 38.5 Å². The van der Waals surface area contributed by atoms with Crippen molar-refractivity contribution in [3.05, 3.63) is 53.5 Å². The number of amides is 1. The Balaban J connectivity index is 1.44. The minimum atomic E-state index is -0.0218. The summed E-state index contributed by atoms with van der Waals surface area (Å²) in [4.78, 5) is 16.4. The number of furan rings is 1. The normalized spacial score (nSPS) is 15.5. The second-order valence-corrected chi connectivity index (χ2v) is 6.18. The Morgan fingerprint density at radius 3 is 2.42 bits per heavy atom. The first-order valence-corrected chi connectivity index (χ1v) is 8.39. The van der Waals surface area contributed by atoms with Crippen molar-refractivity contribution in [2.45, 2.75) is 13.8 Å². The summed E-state index contributed by atoms with van der Waals surface area (Å²) >= 11 is 0. The summed E-state index contributed by atoms with van der Waals surface area (Å²) in [5.74, 6) is 1.39. The van der Waals surface area contributed by atoms with Gasteiger partial charge in [-0.1, -0.05) is 18.2 Å². The van der Waals surface area contributed by atoms with Gasteiger partial charge in [-0.3, -0.25) is 9.69 Å². The first kappa shape index (κ1) is 16.6. The Morgan fingerprint density at radius 1 is 1.08 bits per heavy atom. The van der Waals surface area contributed by atoms with E-state index in [0.29, 0.717) is 12.4 Å². The number of aryl methyl sites for hydroxylation is 2. The van der Waals surface area contributed by atoms with Crippen molar-refractivity contribution in [3.63, 3.8) is 0 Å². The molecule has 1 aromatic carbocycles. The molecule has 0 unspecified atom stereocenters. The lowest BCUT2D eigenvalue weighted by Crippen LogP contribution is -2.49. The van der Waals surface area contributed by atoms with Gasteiger partial charge < -0.3 is 14.1 Å². The van der Waals surface area contributed by atoms with Crippen LogP contribution in [0.2, 0.25) is 0 Å². The van der Waals surface area contributed by atoms with Gasteiger partial charge in [-0.15, -0.1) is 0 Å². The third-order valence-corrected chi connectivity index (χ3v) is 4.45. The van der Waals surface area contributed by atoms with Crippen molar-refractivity contribution >= 4 is 5.91 Å². The minimum Gasteiger partial charge on any atom is -0.492 e. The number of hydrogen-bond donors (Lipinski definition) is 0. The summed E-state index contributed by atoms with van der Waals surface area (Å²) in [5.41, 5.74) is 2.34. The van der Waals surface area contributed by atoms with Gasteiger partial charge in [-0.05, 0) is 37.1 Å². The third-order valence-electron chi connectivity index (χ3n) is 4.45. The molecule has 3 rings (SSSR count). The number of carbonyl (C=O) groups is 1. The molecule has 0 spiro atoms. The van der Waals surface area contributed by atoms with Gasteiger partial charge in [-0.25, -0.2) is 0 Å². The zero-order chi connectivity index (χ0) is 16.9. The molecule has 0 bridgehead atoms. The van der Waals surface area contributed by atoms with E-state index in [-0.39, 0.29) is 5.91 Å². The number of hydrogen-bond acceptors (Lipinski definition) is 4. The van der Waals surface area contributed by atoms with E-state index < -0.39 is 0 Å². The maximum Gasteiger partial charge on any atom is 0.289 e. The van der Waals surface area contributed by atoms with Gasteiger partial charge in [0.1, 0.15) is 12.4 Å². The van der Waals surface area contributed by atoms with Crippen LogP contribution in [-0.2, 0) is 0 Å². The first-order valence-electron chi connectivity index (χ1n) is 8.39. The Kier molecular flexibility index (Phi) is 5.20. The maximum atomic E-state index is 12.2. The van der Waals surface area contributed by atoms with Gasteiger partial charge in [0.2, 0.25) is 0 Å². The molecule has 2 heterocycles. The summed E-state index contributed by atoms with van der Waals surface area (Å²) in [6, 6.07) is 9.65. The number of benzene rings is 1. The van der Waals surface area contributed by atoms with Gasteiger partial charge in [0.05, 0.1) is 6.26 Å². The molecular formula is C19H24N2O3. The highest BCUT2D eigenvalue weighted by molar-refractivity contribution is 5.91. The van der Waals surface area contributed by atoms with Crippen LogP contribution in [0.1, 0.15) is 21.7 Å². The second kappa shape index (κ2) is 7.53. The predicted molar refractivity (Wildman–Crippen MR) is 92.5 cm³/mol. The molecule has 1 aromatic heterocycles. The van der Waals surface area contributed by atoms with Crippen molar-refractivity contribution < 1.29 is 13.9 Å². The van der Waals surface area contributed by atoms with E-state index >= 15 is 0 Å². The standard InChI is InChI=1S/C19H24N2O3/c1-15-5-3-6-16(2)18(15)24-14-12-20-8-10-21(11-9-20)19(22)17-7-4-13-23-17/h3-7,13H,8-12,14H2,1-2H3. The highest BCUT2D eigenvalue weighted by Crippen LogP contribution is 2.22. The molecule has 24 heavy (non-hydrogen) atoms. The van der Waals surface area contributed by atoms with Crippen molar-refractivity contribution in [3.8, 4) is 5.75 Å². The highest BCUT2D eigenvalue weighted by Gasteiger charge is 2.23. The lowest BCUT2D eigenvalue weighted by Gasteiger charge is -2.34. The first-order chi connectivity index (χ1) is 11.6. The van der Waals surface area contributed by atoms with Crippen LogP contribution in [0.4, 0.5) is 0 Å². The summed E-state index contributed by atoms with van der Waals surface area (Å²) in [6.07, 6.45) is 1.54. The van der Waals surface area contributed by atoms with E-state index in [2.05, 4.69) is 30.9 Å². The molecule has 0 saturated carbocycles. The number of piperazine rings is 1. The fourth-order valence-electron chi connectivity index (χ4n) is 3.03. The van der Waals surface area contributed by atoms with Crippen molar-refractivity contribution in [1.82, 2.24) is 9.80 Å². The molecule has 1 amide bonds. The number of carbonyl (C=O) groups excluding carboxylic acids is 1. The minimum absolute atomic E-state index is 0.0218. The highest BCUT2D eigenvalue weighted by atomic mass is 16.5. The molecule has 1 aliphatic rings. The number of nitrogens with zero attached hydrogens (tertiary/aromatic N) is 2. The Morgan fingerprint density at radius 2 is 1.79 bits per heavy atom. The number of para-hydroxylation sites is 1. The average molecular weight is 328 g/mol. The topological polar surface area (TPSA) is 45.9 Å². The molecule has 0 atom stereocenters. The fraction of sp³-hybridized carbons (Fsp3) is 0.421. The van der Waals surface area contributed by atoms with Gasteiger partial charge in [0.15, 0.2) is 5.76 Å². The Bertz CT molecular complexity index is 654. The van der Waals surface area contributed by atoms with Crippen LogP contribution in [0.25, 0.3) is 0 Å². The van der Waals surface area contributed by atoms with E-state index in [1.54, 1.807) is 12.1 Å². The fourth-order valence-corrected chi connectivity index (χ4v) is 3.03. The monoisotopic (exact) mass is 328 g/mol. The summed E-state index contributed by atoms with van der Waals surface area (Å²) in [7, 11) is 0. The van der Waals surface area contributed by atoms with Crippen LogP contribution in [0, 0.1) is 13.8 Å². The van der Waals surface area contributed by atoms with Crippen LogP contribution in [0.15, 0.2) is 41.0 Å². The zero-order valence-corrected chi connectivity index (χ0v) is 14.3. The van der Waals surface area contributed by atoms with Gasteiger partial charge in [0.25, 0.3) is 5.91 Å². The zero-order valence-electron chi connectivity index (χ0n) is 14.3. The van der Waals surface area contributed by atoms with Crippen LogP contribution in [0.5, 0.6) is 5.75 Å². The van der Waals surface area contributed by atoms with Gasteiger partial charge in [-0.2, -0.15) is 0 Å². The largest absolute Gasteiger partial charge is 0.492 e. The molecule has 2 aromatic rings. The Hall–Kier alpha value is -2.27. The maximum absolute atomic E-state index is 12.2. The SMILES string of the molecule is Cc1cccc(C)c1OCCN1CCN(C(=O)c2ccco2)CC1.